The lowest BCUT2D eigenvalue weighted by molar-refractivity contribution is 0.0500. The van der Waals surface area contributed by atoms with Gasteiger partial charge in [-0.05, 0) is 12.0 Å². The number of nitrogens with zero attached hydrogens (tertiary/aromatic N) is 4. The Hall–Kier alpha value is -1.69. The van der Waals surface area contributed by atoms with E-state index in [1.54, 1.807) is 0 Å². The Bertz CT molecular complexity index is 598. The van der Waals surface area contributed by atoms with Crippen LogP contribution in [0.2, 0.25) is 0 Å². The number of rotatable bonds is 6. The molecule has 23 heavy (non-hydrogen) atoms. The maximum atomic E-state index is 9.42. The van der Waals surface area contributed by atoms with Crippen LogP contribution in [0.5, 0.6) is 0 Å². The molecule has 1 N–H and O–H groups in total. The molecule has 0 aliphatic carbocycles. The molecular weight excluding hydrogens is 288 g/mol. The lowest BCUT2D eigenvalue weighted by Crippen LogP contribution is -2.52. The SMILES string of the molecule is Cn1cc(CN2CCN(Cc3ccccc3)[C@@H](CCO)C2)cn1. The van der Waals surface area contributed by atoms with Gasteiger partial charge in [-0.25, -0.2) is 0 Å². The molecule has 1 aliphatic rings. The van der Waals surface area contributed by atoms with Crippen LogP contribution in [-0.4, -0.2) is 57.0 Å². The van der Waals surface area contributed by atoms with E-state index >= 15 is 0 Å². The van der Waals surface area contributed by atoms with E-state index in [9.17, 15) is 5.11 Å². The summed E-state index contributed by atoms with van der Waals surface area (Å²) in [7, 11) is 1.95. The fraction of sp³-hybridized carbons (Fsp3) is 0.500. The van der Waals surface area contributed by atoms with Gasteiger partial charge in [-0.2, -0.15) is 5.10 Å². The third-order valence-corrected chi connectivity index (χ3v) is 4.54. The van der Waals surface area contributed by atoms with Crippen LogP contribution in [0, 0.1) is 0 Å². The quantitative estimate of drug-likeness (QED) is 0.877. The average Bonchev–Trinajstić information content (AvgIpc) is 2.96. The summed E-state index contributed by atoms with van der Waals surface area (Å²) >= 11 is 0. The zero-order valence-electron chi connectivity index (χ0n) is 13.8. The second-order valence-electron chi connectivity index (χ2n) is 6.38. The minimum Gasteiger partial charge on any atom is -0.396 e. The number of aliphatic hydroxyl groups is 1. The Morgan fingerprint density at radius 1 is 1.13 bits per heavy atom. The molecule has 1 fully saturated rings. The van der Waals surface area contributed by atoms with Crippen molar-refractivity contribution in [2.75, 3.05) is 26.2 Å². The highest BCUT2D eigenvalue weighted by atomic mass is 16.3. The number of aryl methyl sites for hydroxylation is 1. The van der Waals surface area contributed by atoms with Crippen LogP contribution in [-0.2, 0) is 20.1 Å². The molecule has 0 amide bonds. The van der Waals surface area contributed by atoms with E-state index in [0.717, 1.165) is 39.1 Å². The third-order valence-electron chi connectivity index (χ3n) is 4.54. The molecular formula is C18H26N4O. The smallest absolute Gasteiger partial charge is 0.0534 e. The van der Waals surface area contributed by atoms with Crippen LogP contribution < -0.4 is 0 Å². The van der Waals surface area contributed by atoms with Crippen LogP contribution in [0.25, 0.3) is 0 Å². The fourth-order valence-corrected chi connectivity index (χ4v) is 3.36. The number of piperazine rings is 1. The van der Waals surface area contributed by atoms with Gasteiger partial charge in [0.1, 0.15) is 0 Å². The van der Waals surface area contributed by atoms with Gasteiger partial charge >= 0.3 is 0 Å². The third kappa shape index (κ3) is 4.41. The van der Waals surface area contributed by atoms with Crippen LogP contribution in [0.1, 0.15) is 17.5 Å². The summed E-state index contributed by atoms with van der Waals surface area (Å²) in [6.07, 6.45) is 4.85. The Morgan fingerprint density at radius 2 is 1.96 bits per heavy atom. The van der Waals surface area contributed by atoms with Crippen LogP contribution in [0.3, 0.4) is 0 Å². The first-order chi connectivity index (χ1) is 11.2. The minimum absolute atomic E-state index is 0.247. The topological polar surface area (TPSA) is 44.5 Å². The molecule has 0 unspecified atom stereocenters. The molecule has 1 aliphatic heterocycles. The Kier molecular flexibility index (Phi) is 5.43. The van der Waals surface area contributed by atoms with E-state index in [-0.39, 0.29) is 6.61 Å². The Balaban J connectivity index is 1.61. The fourth-order valence-electron chi connectivity index (χ4n) is 3.36. The maximum Gasteiger partial charge on any atom is 0.0534 e. The zero-order valence-corrected chi connectivity index (χ0v) is 13.8. The van der Waals surface area contributed by atoms with Crippen LogP contribution >= 0.6 is 0 Å². The molecule has 2 aromatic rings. The van der Waals surface area contributed by atoms with Crippen molar-refractivity contribution in [3.63, 3.8) is 0 Å². The van der Waals surface area contributed by atoms with Gasteiger partial charge in [-0.3, -0.25) is 14.5 Å². The molecule has 5 nitrogen and oxygen atoms in total. The van der Waals surface area contributed by atoms with Gasteiger partial charge in [0.05, 0.1) is 6.20 Å². The molecule has 124 valence electrons. The Labute approximate surface area is 138 Å². The van der Waals surface area contributed by atoms with Crippen molar-refractivity contribution in [3.05, 3.63) is 53.9 Å². The molecule has 2 heterocycles. The largest absolute Gasteiger partial charge is 0.396 e. The van der Waals surface area contributed by atoms with Crippen molar-refractivity contribution in [3.8, 4) is 0 Å². The van der Waals surface area contributed by atoms with Gasteiger partial charge in [0.25, 0.3) is 0 Å². The number of aliphatic hydroxyl groups excluding tert-OH is 1. The highest BCUT2D eigenvalue weighted by Gasteiger charge is 2.26. The average molecular weight is 314 g/mol. The summed E-state index contributed by atoms with van der Waals surface area (Å²) in [5.41, 5.74) is 2.60. The molecule has 5 heteroatoms. The van der Waals surface area contributed by atoms with E-state index in [0.29, 0.717) is 6.04 Å². The van der Waals surface area contributed by atoms with Crippen LogP contribution in [0.15, 0.2) is 42.7 Å². The van der Waals surface area contributed by atoms with Gasteiger partial charge in [0.15, 0.2) is 0 Å². The van der Waals surface area contributed by atoms with Gasteiger partial charge < -0.3 is 5.11 Å². The summed E-state index contributed by atoms with van der Waals surface area (Å²) in [6, 6.07) is 11.0. The van der Waals surface area contributed by atoms with Gasteiger partial charge in [-0.15, -0.1) is 0 Å². The van der Waals surface area contributed by atoms with Crippen LogP contribution in [0.4, 0.5) is 0 Å². The number of hydrogen-bond donors (Lipinski definition) is 1. The second kappa shape index (κ2) is 7.73. The monoisotopic (exact) mass is 314 g/mol. The van der Waals surface area contributed by atoms with Crippen molar-refractivity contribution in [1.29, 1.82) is 0 Å². The molecule has 1 aromatic carbocycles. The first-order valence-corrected chi connectivity index (χ1v) is 8.33. The lowest BCUT2D eigenvalue weighted by atomic mass is 10.1. The zero-order chi connectivity index (χ0) is 16.1. The minimum atomic E-state index is 0.247. The molecule has 1 atom stereocenters. The van der Waals surface area contributed by atoms with Gasteiger partial charge in [0.2, 0.25) is 0 Å². The van der Waals surface area contributed by atoms with Crippen molar-refractivity contribution in [2.24, 2.45) is 7.05 Å². The number of aromatic nitrogens is 2. The number of hydrogen-bond acceptors (Lipinski definition) is 4. The molecule has 0 spiro atoms. The summed E-state index contributed by atoms with van der Waals surface area (Å²) in [5, 5.41) is 13.7. The van der Waals surface area contributed by atoms with E-state index in [1.807, 2.05) is 17.9 Å². The second-order valence-corrected chi connectivity index (χ2v) is 6.38. The first kappa shape index (κ1) is 16.2. The molecule has 3 rings (SSSR count). The lowest BCUT2D eigenvalue weighted by Gasteiger charge is -2.41. The van der Waals surface area contributed by atoms with E-state index in [1.165, 1.54) is 11.1 Å². The van der Waals surface area contributed by atoms with E-state index in [4.69, 9.17) is 0 Å². The predicted molar refractivity (Wildman–Crippen MR) is 90.8 cm³/mol. The molecule has 1 aromatic heterocycles. The highest BCUT2D eigenvalue weighted by molar-refractivity contribution is 5.15. The predicted octanol–water partition coefficient (Wildman–Crippen LogP) is 1.49. The number of benzene rings is 1. The van der Waals surface area contributed by atoms with Crippen molar-refractivity contribution >= 4 is 0 Å². The van der Waals surface area contributed by atoms with E-state index < -0.39 is 0 Å². The summed E-state index contributed by atoms with van der Waals surface area (Å²) < 4.78 is 1.85. The van der Waals surface area contributed by atoms with Crippen molar-refractivity contribution in [2.45, 2.75) is 25.6 Å². The maximum absolute atomic E-state index is 9.42. The molecule has 0 bridgehead atoms. The van der Waals surface area contributed by atoms with Crippen molar-refractivity contribution in [1.82, 2.24) is 19.6 Å². The standard InChI is InChI=1S/C18H26N4O/c1-20-12-17(11-19-20)13-21-8-9-22(18(15-21)7-10-23)14-16-5-3-2-4-6-16/h2-6,11-12,18,23H,7-10,13-15H2,1H3/t18-/m0/s1. The molecule has 0 saturated carbocycles. The summed E-state index contributed by atoms with van der Waals surface area (Å²) in [6.45, 7) is 5.25. The van der Waals surface area contributed by atoms with Gasteiger partial charge in [0, 0.05) is 64.2 Å². The van der Waals surface area contributed by atoms with Gasteiger partial charge in [-0.1, -0.05) is 30.3 Å². The highest BCUT2D eigenvalue weighted by Crippen LogP contribution is 2.18. The van der Waals surface area contributed by atoms with Crippen molar-refractivity contribution < 1.29 is 5.11 Å². The first-order valence-electron chi connectivity index (χ1n) is 8.33. The summed E-state index contributed by atoms with van der Waals surface area (Å²) in [5.74, 6) is 0. The molecule has 1 saturated heterocycles. The molecule has 0 radical (unpaired) electrons. The summed E-state index contributed by atoms with van der Waals surface area (Å²) in [4.78, 5) is 4.98. The Morgan fingerprint density at radius 3 is 2.65 bits per heavy atom. The van der Waals surface area contributed by atoms with E-state index in [2.05, 4.69) is 51.4 Å². The normalized spacial score (nSPS) is 20.0.